The van der Waals surface area contributed by atoms with Crippen LogP contribution in [0.2, 0.25) is 0 Å². The number of carbonyl (C=O) groups is 1. The van der Waals surface area contributed by atoms with E-state index in [1.807, 2.05) is 37.3 Å². The molecule has 1 N–H and O–H groups in total. The lowest BCUT2D eigenvalue weighted by atomic mass is 10.2. The van der Waals surface area contributed by atoms with Gasteiger partial charge in [-0.3, -0.25) is 9.78 Å². The van der Waals surface area contributed by atoms with Gasteiger partial charge in [0.1, 0.15) is 11.4 Å². The molecule has 5 heteroatoms. The number of unbranched alkanes of at least 4 members (excludes halogenated alkanes) is 2. The van der Waals surface area contributed by atoms with Crippen LogP contribution in [-0.2, 0) is 6.54 Å². The molecule has 1 amide bonds. The molecular formula is C23H23N3O2. The summed E-state index contributed by atoms with van der Waals surface area (Å²) in [6.45, 7) is 2.93. The summed E-state index contributed by atoms with van der Waals surface area (Å²) in [7, 11) is 0. The van der Waals surface area contributed by atoms with Gasteiger partial charge in [-0.25, -0.2) is 4.98 Å². The molecule has 3 aromatic rings. The Morgan fingerprint density at radius 2 is 2.04 bits per heavy atom. The monoisotopic (exact) mass is 373 g/mol. The van der Waals surface area contributed by atoms with E-state index >= 15 is 0 Å². The second-order valence-electron chi connectivity index (χ2n) is 6.30. The van der Waals surface area contributed by atoms with Crippen LogP contribution < -0.4 is 10.1 Å². The number of ether oxygens (including phenoxy) is 1. The van der Waals surface area contributed by atoms with Crippen LogP contribution in [0.5, 0.6) is 5.75 Å². The van der Waals surface area contributed by atoms with Gasteiger partial charge in [0.15, 0.2) is 0 Å². The molecule has 1 aromatic carbocycles. The maximum absolute atomic E-state index is 12.4. The third-order valence-corrected chi connectivity index (χ3v) is 4.18. The SMILES string of the molecule is CC#CCCCCOc1cccc(CNC(=O)c2ccc3ncccc3n2)c1. The molecule has 0 saturated carbocycles. The number of hydrogen-bond acceptors (Lipinski definition) is 4. The molecule has 3 rings (SSSR count). The quantitative estimate of drug-likeness (QED) is 0.476. The van der Waals surface area contributed by atoms with Gasteiger partial charge in [0.25, 0.3) is 5.91 Å². The van der Waals surface area contributed by atoms with E-state index in [9.17, 15) is 4.79 Å². The zero-order chi connectivity index (χ0) is 19.6. The van der Waals surface area contributed by atoms with Crippen LogP contribution in [0.4, 0.5) is 0 Å². The number of pyridine rings is 2. The molecule has 2 heterocycles. The smallest absolute Gasteiger partial charge is 0.270 e. The number of nitrogens with one attached hydrogen (secondary N) is 1. The predicted octanol–water partition coefficient (Wildman–Crippen LogP) is 4.13. The van der Waals surface area contributed by atoms with Gasteiger partial charge in [0, 0.05) is 19.2 Å². The second-order valence-corrected chi connectivity index (χ2v) is 6.30. The Morgan fingerprint density at radius 3 is 2.93 bits per heavy atom. The Labute approximate surface area is 165 Å². The Morgan fingerprint density at radius 1 is 1.11 bits per heavy atom. The third-order valence-electron chi connectivity index (χ3n) is 4.18. The fourth-order valence-electron chi connectivity index (χ4n) is 2.73. The summed E-state index contributed by atoms with van der Waals surface area (Å²) in [5.74, 6) is 6.54. The maximum Gasteiger partial charge on any atom is 0.270 e. The molecule has 0 aliphatic heterocycles. The van der Waals surface area contributed by atoms with Crippen LogP contribution in [0.3, 0.4) is 0 Å². The first-order valence-electron chi connectivity index (χ1n) is 9.37. The summed E-state index contributed by atoms with van der Waals surface area (Å²) < 4.78 is 5.79. The van der Waals surface area contributed by atoms with E-state index in [-0.39, 0.29) is 5.91 Å². The summed E-state index contributed by atoms with van der Waals surface area (Å²) in [6, 6.07) is 14.9. The molecule has 0 atom stereocenters. The average molecular weight is 373 g/mol. The fraction of sp³-hybridized carbons (Fsp3) is 0.261. The number of hydrogen-bond donors (Lipinski definition) is 1. The van der Waals surface area contributed by atoms with Gasteiger partial charge >= 0.3 is 0 Å². The Balaban J connectivity index is 1.51. The molecule has 0 spiro atoms. The normalized spacial score (nSPS) is 10.2. The fourth-order valence-corrected chi connectivity index (χ4v) is 2.73. The molecule has 0 fully saturated rings. The summed E-state index contributed by atoms with van der Waals surface area (Å²) in [4.78, 5) is 21.0. The third kappa shape index (κ3) is 5.55. The van der Waals surface area contributed by atoms with Crippen molar-refractivity contribution in [2.75, 3.05) is 6.61 Å². The topological polar surface area (TPSA) is 64.1 Å². The van der Waals surface area contributed by atoms with E-state index in [0.717, 1.165) is 36.1 Å². The van der Waals surface area contributed by atoms with Gasteiger partial charge in [-0.15, -0.1) is 11.8 Å². The van der Waals surface area contributed by atoms with Gasteiger partial charge in [-0.2, -0.15) is 0 Å². The maximum atomic E-state index is 12.4. The van der Waals surface area contributed by atoms with E-state index in [1.54, 1.807) is 24.4 Å². The van der Waals surface area contributed by atoms with Gasteiger partial charge in [0.2, 0.25) is 0 Å². The van der Waals surface area contributed by atoms with Crippen molar-refractivity contribution in [3.63, 3.8) is 0 Å². The molecule has 0 unspecified atom stereocenters. The van der Waals surface area contributed by atoms with E-state index in [2.05, 4.69) is 27.1 Å². The molecular weight excluding hydrogens is 350 g/mol. The van der Waals surface area contributed by atoms with E-state index in [1.165, 1.54) is 0 Å². The number of benzene rings is 1. The molecule has 2 aromatic heterocycles. The minimum atomic E-state index is -0.214. The Hall–Kier alpha value is -3.39. The highest BCUT2D eigenvalue weighted by Gasteiger charge is 2.08. The van der Waals surface area contributed by atoms with Gasteiger partial charge in [-0.1, -0.05) is 12.1 Å². The van der Waals surface area contributed by atoms with Crippen molar-refractivity contribution in [3.8, 4) is 17.6 Å². The summed E-state index contributed by atoms with van der Waals surface area (Å²) >= 11 is 0. The molecule has 0 radical (unpaired) electrons. The van der Waals surface area contributed by atoms with Crippen LogP contribution in [-0.4, -0.2) is 22.5 Å². The predicted molar refractivity (Wildman–Crippen MR) is 110 cm³/mol. The first-order valence-corrected chi connectivity index (χ1v) is 9.37. The first-order chi connectivity index (χ1) is 13.8. The van der Waals surface area contributed by atoms with Gasteiger partial charge in [-0.05, 0) is 61.7 Å². The minimum absolute atomic E-state index is 0.214. The average Bonchev–Trinajstić information content (AvgIpc) is 2.74. The van der Waals surface area contributed by atoms with Crippen molar-refractivity contribution >= 4 is 16.9 Å². The van der Waals surface area contributed by atoms with Crippen molar-refractivity contribution < 1.29 is 9.53 Å². The van der Waals surface area contributed by atoms with Crippen molar-refractivity contribution in [1.82, 2.24) is 15.3 Å². The van der Waals surface area contributed by atoms with Crippen LogP contribution in [0.25, 0.3) is 11.0 Å². The highest BCUT2D eigenvalue weighted by atomic mass is 16.5. The van der Waals surface area contributed by atoms with E-state index in [4.69, 9.17) is 4.74 Å². The lowest BCUT2D eigenvalue weighted by Crippen LogP contribution is -2.23. The number of rotatable bonds is 8. The van der Waals surface area contributed by atoms with Gasteiger partial charge < -0.3 is 10.1 Å². The first kappa shape index (κ1) is 19.4. The van der Waals surface area contributed by atoms with Crippen molar-refractivity contribution in [1.29, 1.82) is 0 Å². The van der Waals surface area contributed by atoms with E-state index in [0.29, 0.717) is 24.4 Å². The van der Waals surface area contributed by atoms with Crippen molar-refractivity contribution in [3.05, 3.63) is 66.0 Å². The summed E-state index contributed by atoms with van der Waals surface area (Å²) in [5.41, 5.74) is 2.83. The zero-order valence-corrected chi connectivity index (χ0v) is 15.9. The van der Waals surface area contributed by atoms with Crippen LogP contribution >= 0.6 is 0 Å². The Kier molecular flexibility index (Phi) is 6.97. The molecule has 0 aliphatic carbocycles. The number of fused-ring (bicyclic) bond motifs is 1. The number of nitrogens with zero attached hydrogens (tertiary/aromatic N) is 2. The molecule has 5 nitrogen and oxygen atoms in total. The van der Waals surface area contributed by atoms with Crippen molar-refractivity contribution in [2.45, 2.75) is 32.7 Å². The van der Waals surface area contributed by atoms with Crippen LogP contribution in [0.15, 0.2) is 54.7 Å². The lowest BCUT2D eigenvalue weighted by Gasteiger charge is -2.09. The molecule has 0 aliphatic rings. The minimum Gasteiger partial charge on any atom is -0.494 e. The standard InChI is InChI=1S/C23H23N3O2/c1-2-3-4-5-6-15-28-19-10-7-9-18(16-19)17-25-23(27)22-13-12-20-21(26-22)11-8-14-24-20/h7-14,16H,4-6,15,17H2,1H3,(H,25,27). The largest absolute Gasteiger partial charge is 0.494 e. The van der Waals surface area contributed by atoms with Gasteiger partial charge in [0.05, 0.1) is 17.6 Å². The number of aromatic nitrogens is 2. The number of amides is 1. The summed E-state index contributed by atoms with van der Waals surface area (Å²) in [6.07, 6.45) is 4.62. The Bertz CT molecular complexity index is 1010. The molecule has 28 heavy (non-hydrogen) atoms. The molecule has 142 valence electrons. The van der Waals surface area contributed by atoms with E-state index < -0.39 is 0 Å². The van der Waals surface area contributed by atoms with Crippen LogP contribution in [0, 0.1) is 11.8 Å². The number of carbonyl (C=O) groups excluding carboxylic acids is 1. The lowest BCUT2D eigenvalue weighted by molar-refractivity contribution is 0.0946. The highest BCUT2D eigenvalue weighted by Crippen LogP contribution is 2.14. The summed E-state index contributed by atoms with van der Waals surface area (Å²) in [5, 5.41) is 2.90. The molecule has 0 bridgehead atoms. The van der Waals surface area contributed by atoms with Crippen LogP contribution in [0.1, 0.15) is 42.2 Å². The highest BCUT2D eigenvalue weighted by molar-refractivity contribution is 5.94. The zero-order valence-electron chi connectivity index (χ0n) is 15.9. The molecule has 0 saturated heterocycles. The van der Waals surface area contributed by atoms with Crippen molar-refractivity contribution in [2.24, 2.45) is 0 Å². The second kappa shape index (κ2) is 10.1.